The fraction of sp³-hybridized carbons (Fsp3) is 0.125. The van der Waals surface area contributed by atoms with Gasteiger partial charge in [-0.25, -0.2) is 0 Å². The second-order valence-corrected chi connectivity index (χ2v) is 6.21. The lowest BCUT2D eigenvalue weighted by atomic mass is 10.2. The third kappa shape index (κ3) is 4.29. The molecule has 0 atom stereocenters. The van der Waals surface area contributed by atoms with Gasteiger partial charge in [0.25, 0.3) is 0 Å². The predicted octanol–water partition coefficient (Wildman–Crippen LogP) is 4.14. The van der Waals surface area contributed by atoms with E-state index in [1.165, 1.54) is 18.2 Å². The molecule has 0 amide bonds. The number of ether oxygens (including phenoxy) is 1. The van der Waals surface area contributed by atoms with Gasteiger partial charge in [-0.15, -0.1) is 0 Å². The van der Waals surface area contributed by atoms with Crippen molar-refractivity contribution in [2.24, 2.45) is 0 Å². The van der Waals surface area contributed by atoms with E-state index in [4.69, 9.17) is 4.74 Å². The van der Waals surface area contributed by atoms with Crippen molar-refractivity contribution in [1.82, 2.24) is 0 Å². The topological polar surface area (TPSA) is 52.6 Å². The average molecular weight is 358 g/mol. The second kappa shape index (κ2) is 6.96. The molecule has 0 N–H and O–H groups in total. The average Bonchev–Trinajstić information content (AvgIpc) is 2.53. The molecule has 0 spiro atoms. The Morgan fingerprint density at radius 2 is 1.71 bits per heavy atom. The molecule has 4 nitrogen and oxygen atoms in total. The van der Waals surface area contributed by atoms with Crippen molar-refractivity contribution in [1.29, 1.82) is 0 Å². The number of hydrogen-bond acceptors (Lipinski definition) is 4. The highest BCUT2D eigenvalue weighted by atomic mass is 32.2. The van der Waals surface area contributed by atoms with Crippen LogP contribution in [0.4, 0.5) is 13.2 Å². The Morgan fingerprint density at radius 1 is 1.04 bits per heavy atom. The van der Waals surface area contributed by atoms with Crippen LogP contribution < -0.4 is 8.92 Å². The maximum Gasteiger partial charge on any atom is 0.534 e. The van der Waals surface area contributed by atoms with Crippen LogP contribution in [0.5, 0.6) is 11.5 Å². The van der Waals surface area contributed by atoms with E-state index in [0.717, 1.165) is 11.6 Å². The van der Waals surface area contributed by atoms with Gasteiger partial charge in [0.05, 0.1) is 0 Å². The summed E-state index contributed by atoms with van der Waals surface area (Å²) in [4.78, 5) is 0. The normalized spacial score (nSPS) is 11.8. The first-order valence-electron chi connectivity index (χ1n) is 6.67. The molecule has 128 valence electrons. The van der Waals surface area contributed by atoms with E-state index >= 15 is 0 Å². The first-order valence-corrected chi connectivity index (χ1v) is 8.08. The standard InChI is InChI=1S/C16H13F3O4S/c1-2-12-8-9-14(23-24(20,21)16(17,18)19)15(10-12)22-11-13-6-4-3-5-7-13/h2-10H,1,11H2. The Labute approximate surface area is 137 Å². The third-order valence-electron chi connectivity index (χ3n) is 2.92. The van der Waals surface area contributed by atoms with Crippen LogP contribution in [0.1, 0.15) is 11.1 Å². The predicted molar refractivity (Wildman–Crippen MR) is 82.9 cm³/mol. The lowest BCUT2D eigenvalue weighted by Gasteiger charge is -2.14. The van der Waals surface area contributed by atoms with Crippen LogP contribution in [0.25, 0.3) is 6.08 Å². The molecule has 0 radical (unpaired) electrons. The van der Waals surface area contributed by atoms with E-state index in [1.807, 2.05) is 0 Å². The van der Waals surface area contributed by atoms with Crippen LogP contribution in [0.15, 0.2) is 55.1 Å². The Morgan fingerprint density at radius 3 is 2.29 bits per heavy atom. The molecule has 0 saturated carbocycles. The van der Waals surface area contributed by atoms with E-state index in [-0.39, 0.29) is 12.4 Å². The van der Waals surface area contributed by atoms with Gasteiger partial charge in [0, 0.05) is 0 Å². The quantitative estimate of drug-likeness (QED) is 0.575. The zero-order valence-corrected chi connectivity index (χ0v) is 13.1. The molecule has 0 saturated heterocycles. The van der Waals surface area contributed by atoms with Crippen LogP contribution in [0.3, 0.4) is 0 Å². The van der Waals surface area contributed by atoms with Gasteiger partial charge in [0.2, 0.25) is 0 Å². The summed E-state index contributed by atoms with van der Waals surface area (Å²) in [6, 6.07) is 12.6. The summed E-state index contributed by atoms with van der Waals surface area (Å²) in [5.41, 5.74) is -4.23. The summed E-state index contributed by atoms with van der Waals surface area (Å²) in [6.07, 6.45) is 1.44. The molecule has 0 aliphatic heterocycles. The smallest absolute Gasteiger partial charge is 0.485 e. The second-order valence-electron chi connectivity index (χ2n) is 4.67. The van der Waals surface area contributed by atoms with Gasteiger partial charge in [-0.05, 0) is 23.3 Å². The van der Waals surface area contributed by atoms with Gasteiger partial charge < -0.3 is 8.92 Å². The molecule has 2 aromatic carbocycles. The van der Waals surface area contributed by atoms with Crippen LogP contribution in [-0.4, -0.2) is 13.9 Å². The Hall–Kier alpha value is -2.48. The molecular weight excluding hydrogens is 345 g/mol. The molecule has 0 aliphatic carbocycles. The van der Waals surface area contributed by atoms with Crippen molar-refractivity contribution in [2.45, 2.75) is 12.1 Å². The van der Waals surface area contributed by atoms with Crippen molar-refractivity contribution in [3.05, 3.63) is 66.2 Å². The summed E-state index contributed by atoms with van der Waals surface area (Å²) < 4.78 is 69.4. The first-order chi connectivity index (χ1) is 11.2. The summed E-state index contributed by atoms with van der Waals surface area (Å²) in [5, 5.41) is 0. The lowest BCUT2D eigenvalue weighted by molar-refractivity contribution is -0.0500. The Bertz CT molecular complexity index is 815. The SMILES string of the molecule is C=Cc1ccc(OS(=O)(=O)C(F)(F)F)c(OCc2ccccc2)c1. The maximum atomic E-state index is 12.5. The van der Waals surface area contributed by atoms with Crippen LogP contribution >= 0.6 is 0 Å². The largest absolute Gasteiger partial charge is 0.534 e. The number of benzene rings is 2. The summed E-state index contributed by atoms with van der Waals surface area (Å²) in [7, 11) is -5.78. The minimum atomic E-state index is -5.78. The van der Waals surface area contributed by atoms with E-state index < -0.39 is 21.4 Å². The van der Waals surface area contributed by atoms with Gasteiger partial charge in [-0.2, -0.15) is 21.6 Å². The monoisotopic (exact) mass is 358 g/mol. The number of hydrogen-bond donors (Lipinski definition) is 0. The molecule has 8 heteroatoms. The molecule has 0 bridgehead atoms. The zero-order valence-electron chi connectivity index (χ0n) is 12.3. The molecule has 0 unspecified atom stereocenters. The molecule has 2 aromatic rings. The Kier molecular flexibility index (Phi) is 5.18. The summed E-state index contributed by atoms with van der Waals surface area (Å²) in [5.74, 6) is -0.682. The minimum absolute atomic E-state index is 0.0316. The fourth-order valence-electron chi connectivity index (χ4n) is 1.73. The van der Waals surface area contributed by atoms with Gasteiger partial charge in [0.15, 0.2) is 11.5 Å². The first kappa shape index (κ1) is 17.9. The van der Waals surface area contributed by atoms with Crippen LogP contribution in [0.2, 0.25) is 0 Å². The van der Waals surface area contributed by atoms with Gasteiger partial charge in [-0.3, -0.25) is 0 Å². The highest BCUT2D eigenvalue weighted by Crippen LogP contribution is 2.34. The van der Waals surface area contributed by atoms with E-state index in [9.17, 15) is 21.6 Å². The molecule has 0 heterocycles. The Balaban J connectivity index is 2.29. The highest BCUT2D eigenvalue weighted by molar-refractivity contribution is 7.88. The number of rotatable bonds is 6. The van der Waals surface area contributed by atoms with Gasteiger partial charge in [0.1, 0.15) is 6.61 Å². The van der Waals surface area contributed by atoms with Crippen molar-refractivity contribution in [2.75, 3.05) is 0 Å². The maximum absolute atomic E-state index is 12.5. The van der Waals surface area contributed by atoms with E-state index in [1.54, 1.807) is 30.3 Å². The van der Waals surface area contributed by atoms with Crippen molar-refractivity contribution in [3.8, 4) is 11.5 Å². The molecule has 0 aromatic heterocycles. The molecule has 0 aliphatic rings. The summed E-state index contributed by atoms with van der Waals surface area (Å²) in [6.45, 7) is 3.57. The van der Waals surface area contributed by atoms with Crippen molar-refractivity contribution >= 4 is 16.2 Å². The van der Waals surface area contributed by atoms with Crippen molar-refractivity contribution in [3.63, 3.8) is 0 Å². The number of halogens is 3. The molecular formula is C16H13F3O4S. The highest BCUT2D eigenvalue weighted by Gasteiger charge is 2.48. The van der Waals surface area contributed by atoms with E-state index in [0.29, 0.717) is 5.56 Å². The van der Waals surface area contributed by atoms with E-state index in [2.05, 4.69) is 10.8 Å². The van der Waals surface area contributed by atoms with Gasteiger partial charge >= 0.3 is 15.6 Å². The van der Waals surface area contributed by atoms with Crippen LogP contribution in [-0.2, 0) is 16.7 Å². The minimum Gasteiger partial charge on any atom is -0.485 e. The molecule has 24 heavy (non-hydrogen) atoms. The number of alkyl halides is 3. The zero-order chi connectivity index (χ0) is 17.8. The fourth-order valence-corrected chi connectivity index (χ4v) is 2.20. The third-order valence-corrected chi connectivity index (χ3v) is 3.89. The van der Waals surface area contributed by atoms with Crippen LogP contribution in [0, 0.1) is 0 Å². The molecule has 2 rings (SSSR count). The lowest BCUT2D eigenvalue weighted by Crippen LogP contribution is -2.28. The van der Waals surface area contributed by atoms with Gasteiger partial charge in [-0.1, -0.05) is 49.1 Å². The molecule has 0 fully saturated rings. The van der Waals surface area contributed by atoms with Crippen molar-refractivity contribution < 1.29 is 30.5 Å². The summed E-state index contributed by atoms with van der Waals surface area (Å²) >= 11 is 0.